The summed E-state index contributed by atoms with van der Waals surface area (Å²) in [7, 11) is 4.22. The highest BCUT2D eigenvalue weighted by molar-refractivity contribution is 8.29. The summed E-state index contributed by atoms with van der Waals surface area (Å²) in [6.45, 7) is 3.76. The summed E-state index contributed by atoms with van der Waals surface area (Å²) in [6, 6.07) is 12.1. The average molecular weight is 596 g/mol. The molecule has 0 unspecified atom stereocenters. The minimum absolute atomic E-state index is 0.0759. The van der Waals surface area contributed by atoms with Crippen molar-refractivity contribution in [3.63, 3.8) is 0 Å². The van der Waals surface area contributed by atoms with E-state index in [1.54, 1.807) is 24.3 Å². The van der Waals surface area contributed by atoms with Crippen LogP contribution in [0.15, 0.2) is 48.5 Å². The van der Waals surface area contributed by atoms with Gasteiger partial charge in [0.15, 0.2) is 0 Å². The third kappa shape index (κ3) is 7.33. The molecule has 3 aromatic rings. The molecule has 39 heavy (non-hydrogen) atoms. The fourth-order valence-electron chi connectivity index (χ4n) is 4.30. The van der Waals surface area contributed by atoms with E-state index in [1.165, 1.54) is 18.2 Å². The molecule has 0 spiro atoms. The van der Waals surface area contributed by atoms with Crippen molar-refractivity contribution in [3.8, 4) is 5.75 Å². The van der Waals surface area contributed by atoms with Gasteiger partial charge in [-0.3, -0.25) is 4.79 Å². The molecule has 1 amide bonds. The number of fused-ring (bicyclic) bond motifs is 1. The van der Waals surface area contributed by atoms with Crippen LogP contribution in [-0.2, 0) is 4.79 Å². The summed E-state index contributed by atoms with van der Waals surface area (Å²) in [5.41, 5.74) is 2.91. The first-order chi connectivity index (χ1) is 18.8. The number of piperidine rings is 1. The summed E-state index contributed by atoms with van der Waals surface area (Å²) in [4.78, 5) is 26.5. The smallest absolute Gasteiger partial charge is 0.338 e. The zero-order valence-electron chi connectivity index (χ0n) is 21.6. The van der Waals surface area contributed by atoms with Gasteiger partial charge in [-0.1, -0.05) is 12.1 Å². The summed E-state index contributed by atoms with van der Waals surface area (Å²) >= 11 is -1.75. The lowest BCUT2D eigenvalue weighted by molar-refractivity contribution is -0.111. The molecule has 2 heterocycles. The number of ether oxygens (including phenoxy) is 1. The maximum atomic E-state index is 12.9. The number of rotatable bonds is 10. The molecule has 13 heteroatoms. The fraction of sp³-hybridized carbons (Fsp3) is 0.346. The normalized spacial score (nSPS) is 14.9. The molecule has 208 valence electrons. The molecule has 1 fully saturated rings. The number of aryl methyl sites for hydroxylation is 1. The van der Waals surface area contributed by atoms with Crippen molar-refractivity contribution in [2.45, 2.75) is 29.4 Å². The number of carbonyl (C=O) groups excluding carboxylic acids is 1. The Hall–Kier alpha value is -2.61. The van der Waals surface area contributed by atoms with Gasteiger partial charge in [-0.05, 0) is 75.8 Å². The van der Waals surface area contributed by atoms with Crippen LogP contribution in [0.1, 0.15) is 24.1 Å². The Balaban J connectivity index is 1.38. The number of amides is 1. The van der Waals surface area contributed by atoms with Crippen molar-refractivity contribution in [1.82, 2.24) is 14.9 Å². The van der Waals surface area contributed by atoms with E-state index in [4.69, 9.17) is 14.7 Å². The number of halogens is 3. The SMILES string of the molecule is Cc1nc(N2CCC(N(C)C)CC2)nc2ccc(NC(=O)C=Cc3ccc(OC(SF)(SF)SF)cc3)cc12. The first-order valence-electron chi connectivity index (χ1n) is 12.1. The molecular weight excluding hydrogens is 568 g/mol. The number of anilines is 2. The molecule has 1 saturated heterocycles. The molecule has 1 aliphatic heterocycles. The van der Waals surface area contributed by atoms with Crippen LogP contribution in [0.2, 0.25) is 0 Å². The molecule has 4 rings (SSSR count). The number of benzene rings is 2. The second kappa shape index (κ2) is 13.2. The highest BCUT2D eigenvalue weighted by Gasteiger charge is 2.40. The standard InChI is InChI=1S/C26H28F3N5O2S3/c1-17-22-16-19(7-10-23(22)32-25(30-17)34-14-12-20(13-15-34)33(2)3)31-24(35)11-6-18-4-8-21(9-5-18)36-26(37-27,38-28)39-29/h4-11,16,20H,12-15H2,1-3H3,(H,31,35). The minimum Gasteiger partial charge on any atom is -0.451 e. The van der Waals surface area contributed by atoms with E-state index >= 15 is 0 Å². The Labute approximate surface area is 238 Å². The Bertz CT molecular complexity index is 1310. The molecule has 1 aliphatic rings. The quantitative estimate of drug-likeness (QED) is 0.198. The van der Waals surface area contributed by atoms with E-state index in [1.807, 2.05) is 19.1 Å². The monoisotopic (exact) mass is 595 g/mol. The Kier molecular flexibility index (Phi) is 9.91. The van der Waals surface area contributed by atoms with Crippen LogP contribution < -0.4 is 15.0 Å². The third-order valence-corrected chi connectivity index (χ3v) is 8.40. The predicted octanol–water partition coefficient (Wildman–Crippen LogP) is 6.96. The lowest BCUT2D eigenvalue weighted by atomic mass is 10.0. The van der Waals surface area contributed by atoms with Crippen LogP contribution >= 0.6 is 36.4 Å². The summed E-state index contributed by atoms with van der Waals surface area (Å²) in [5, 5.41) is 3.70. The van der Waals surface area contributed by atoms with Crippen LogP contribution in [0.5, 0.6) is 5.75 Å². The van der Waals surface area contributed by atoms with Crippen molar-refractivity contribution in [2.75, 3.05) is 37.4 Å². The van der Waals surface area contributed by atoms with E-state index in [0.717, 1.165) is 48.5 Å². The Morgan fingerprint density at radius 3 is 2.36 bits per heavy atom. The highest BCUT2D eigenvalue weighted by Crippen LogP contribution is 2.49. The Morgan fingerprint density at radius 1 is 1.08 bits per heavy atom. The van der Waals surface area contributed by atoms with Gasteiger partial charge in [-0.2, -0.15) is 11.7 Å². The van der Waals surface area contributed by atoms with Crippen LogP contribution in [0, 0.1) is 6.92 Å². The largest absolute Gasteiger partial charge is 0.451 e. The van der Waals surface area contributed by atoms with Crippen LogP contribution in [0.25, 0.3) is 17.0 Å². The molecule has 7 nitrogen and oxygen atoms in total. The van der Waals surface area contributed by atoms with Gasteiger partial charge in [0.1, 0.15) is 42.2 Å². The molecular formula is C26H28F3N5O2S3. The molecule has 0 bridgehead atoms. The predicted molar refractivity (Wildman–Crippen MR) is 157 cm³/mol. The zero-order chi connectivity index (χ0) is 28.0. The molecule has 0 atom stereocenters. The van der Waals surface area contributed by atoms with Crippen LogP contribution in [-0.4, -0.2) is 57.6 Å². The first kappa shape index (κ1) is 29.4. The first-order valence-corrected chi connectivity index (χ1v) is 14.3. The number of nitrogens with one attached hydrogen (secondary N) is 1. The van der Waals surface area contributed by atoms with E-state index in [-0.39, 0.29) is 11.7 Å². The summed E-state index contributed by atoms with van der Waals surface area (Å²) < 4.78 is 41.4. The zero-order valence-corrected chi connectivity index (χ0v) is 24.0. The van der Waals surface area contributed by atoms with E-state index in [0.29, 0.717) is 17.3 Å². The van der Waals surface area contributed by atoms with Gasteiger partial charge in [-0.15, -0.1) is 0 Å². The van der Waals surface area contributed by atoms with E-state index < -0.39 is 40.0 Å². The van der Waals surface area contributed by atoms with Gasteiger partial charge < -0.3 is 19.9 Å². The van der Waals surface area contributed by atoms with Crippen molar-refractivity contribution >= 4 is 71.0 Å². The molecule has 0 radical (unpaired) electrons. The van der Waals surface area contributed by atoms with Gasteiger partial charge >= 0.3 is 3.60 Å². The number of hydrogen-bond acceptors (Lipinski definition) is 9. The minimum atomic E-state index is -2.37. The summed E-state index contributed by atoms with van der Waals surface area (Å²) in [5.74, 6) is 0.463. The van der Waals surface area contributed by atoms with Crippen molar-refractivity contribution in [1.29, 1.82) is 0 Å². The van der Waals surface area contributed by atoms with E-state index in [9.17, 15) is 16.5 Å². The van der Waals surface area contributed by atoms with Gasteiger partial charge in [0.25, 0.3) is 0 Å². The lowest BCUT2D eigenvalue weighted by Crippen LogP contribution is -2.42. The number of aromatic nitrogens is 2. The van der Waals surface area contributed by atoms with Gasteiger partial charge in [0, 0.05) is 36.3 Å². The number of nitrogens with zero attached hydrogens (tertiary/aromatic N) is 4. The fourth-order valence-corrected chi connectivity index (χ4v) is 4.97. The molecule has 0 aliphatic carbocycles. The van der Waals surface area contributed by atoms with Crippen LogP contribution in [0.3, 0.4) is 0 Å². The highest BCUT2D eigenvalue weighted by atomic mass is 32.3. The lowest BCUT2D eigenvalue weighted by Gasteiger charge is -2.35. The van der Waals surface area contributed by atoms with E-state index in [2.05, 4.69) is 29.2 Å². The average Bonchev–Trinajstić information content (AvgIpc) is 2.96. The van der Waals surface area contributed by atoms with Crippen LogP contribution in [0.4, 0.5) is 23.3 Å². The maximum absolute atomic E-state index is 12.9. The number of carbonyl (C=O) groups is 1. The second-order valence-corrected chi connectivity index (χ2v) is 12.2. The van der Waals surface area contributed by atoms with Crippen molar-refractivity contribution in [3.05, 3.63) is 59.8 Å². The topological polar surface area (TPSA) is 70.6 Å². The maximum Gasteiger partial charge on any atom is 0.338 e. The summed E-state index contributed by atoms with van der Waals surface area (Å²) in [6.07, 6.45) is 5.07. The Morgan fingerprint density at radius 2 is 1.74 bits per heavy atom. The van der Waals surface area contributed by atoms with Crippen molar-refractivity contribution in [2.24, 2.45) is 0 Å². The molecule has 1 N–H and O–H groups in total. The van der Waals surface area contributed by atoms with Crippen molar-refractivity contribution < 1.29 is 21.2 Å². The number of hydrogen-bond donors (Lipinski definition) is 1. The van der Waals surface area contributed by atoms with Gasteiger partial charge in [-0.25, -0.2) is 9.97 Å². The van der Waals surface area contributed by atoms with Gasteiger partial charge in [0.05, 0.1) is 11.2 Å². The second-order valence-electron chi connectivity index (χ2n) is 9.25. The molecule has 0 saturated carbocycles. The molecule has 2 aromatic carbocycles. The molecule has 1 aromatic heterocycles. The third-order valence-electron chi connectivity index (χ3n) is 6.45. The van der Waals surface area contributed by atoms with Gasteiger partial charge in [0.2, 0.25) is 11.9 Å².